The predicted molar refractivity (Wildman–Crippen MR) is 141 cm³/mol. The normalized spacial score (nSPS) is 11.2. The maximum Gasteiger partial charge on any atom is 0.263 e. The Morgan fingerprint density at radius 2 is 1.88 bits per heavy atom. The van der Waals surface area contributed by atoms with E-state index >= 15 is 0 Å². The molecular formula is C25H27N5O2S2. The van der Waals surface area contributed by atoms with Crippen LogP contribution in [-0.4, -0.2) is 31.0 Å². The van der Waals surface area contributed by atoms with Crippen molar-refractivity contribution >= 4 is 44.9 Å². The van der Waals surface area contributed by atoms with Crippen LogP contribution >= 0.6 is 23.1 Å². The zero-order chi connectivity index (χ0) is 24.6. The maximum atomic E-state index is 13.1. The lowest BCUT2D eigenvalue weighted by molar-refractivity contribution is -0.113. The molecule has 3 heterocycles. The fraction of sp³-hybridized carbons (Fsp3) is 0.280. The number of carbonyl (C=O) groups is 1. The number of aryl methyl sites for hydroxylation is 4. The second kappa shape index (κ2) is 9.60. The molecule has 4 rings (SSSR count). The van der Waals surface area contributed by atoms with Crippen molar-refractivity contribution in [3.8, 4) is 5.69 Å². The van der Waals surface area contributed by atoms with E-state index in [1.807, 2.05) is 63.6 Å². The third-order valence-corrected chi connectivity index (χ3v) is 7.81. The number of thiophene rings is 1. The second-order valence-corrected chi connectivity index (χ2v) is 10.3. The highest BCUT2D eigenvalue weighted by molar-refractivity contribution is 7.99. The Balaban J connectivity index is 1.56. The van der Waals surface area contributed by atoms with Gasteiger partial charge in [-0.1, -0.05) is 35.5 Å². The van der Waals surface area contributed by atoms with E-state index in [-0.39, 0.29) is 17.2 Å². The van der Waals surface area contributed by atoms with Gasteiger partial charge in [-0.3, -0.25) is 14.2 Å². The molecular weight excluding hydrogens is 466 g/mol. The Morgan fingerprint density at radius 3 is 2.56 bits per heavy atom. The van der Waals surface area contributed by atoms with Gasteiger partial charge in [-0.2, -0.15) is 5.10 Å². The van der Waals surface area contributed by atoms with Crippen molar-refractivity contribution in [1.29, 1.82) is 0 Å². The number of amides is 1. The number of nitrogens with zero attached hydrogens (tertiary/aromatic N) is 4. The molecule has 0 bridgehead atoms. The Morgan fingerprint density at radius 1 is 1.18 bits per heavy atom. The number of rotatable bonds is 7. The van der Waals surface area contributed by atoms with E-state index in [0.29, 0.717) is 27.6 Å². The van der Waals surface area contributed by atoms with Gasteiger partial charge in [0.2, 0.25) is 5.91 Å². The number of allylic oxidation sites excluding steroid dienone is 1. The lowest BCUT2D eigenvalue weighted by Gasteiger charge is -2.11. The van der Waals surface area contributed by atoms with Gasteiger partial charge in [0.1, 0.15) is 4.83 Å². The van der Waals surface area contributed by atoms with Crippen molar-refractivity contribution in [2.24, 2.45) is 0 Å². The summed E-state index contributed by atoms with van der Waals surface area (Å²) in [4.78, 5) is 32.4. The maximum absolute atomic E-state index is 13.1. The monoisotopic (exact) mass is 493 g/mol. The lowest BCUT2D eigenvalue weighted by atomic mass is 10.2. The first-order valence-corrected chi connectivity index (χ1v) is 12.7. The first kappa shape index (κ1) is 24.0. The van der Waals surface area contributed by atoms with Gasteiger partial charge in [0, 0.05) is 11.4 Å². The number of nitrogens with one attached hydrogen (secondary N) is 1. The number of hydrogen-bond donors (Lipinski definition) is 1. The minimum absolute atomic E-state index is 0.0966. The zero-order valence-corrected chi connectivity index (χ0v) is 21.6. The molecule has 0 fully saturated rings. The number of carbonyl (C=O) groups excluding carboxylic acids is 1. The topological polar surface area (TPSA) is 81.8 Å². The first-order valence-electron chi connectivity index (χ1n) is 10.9. The van der Waals surface area contributed by atoms with Crippen LogP contribution in [0.15, 0.2) is 46.9 Å². The van der Waals surface area contributed by atoms with Crippen molar-refractivity contribution in [3.63, 3.8) is 0 Å². The molecule has 0 atom stereocenters. The lowest BCUT2D eigenvalue weighted by Crippen LogP contribution is -2.23. The minimum Gasteiger partial charge on any atom is -0.322 e. The van der Waals surface area contributed by atoms with Gasteiger partial charge < -0.3 is 5.32 Å². The van der Waals surface area contributed by atoms with Crippen LogP contribution < -0.4 is 10.9 Å². The molecule has 0 spiro atoms. The molecule has 0 aliphatic rings. The zero-order valence-electron chi connectivity index (χ0n) is 19.9. The van der Waals surface area contributed by atoms with Gasteiger partial charge in [-0.25, -0.2) is 9.67 Å². The van der Waals surface area contributed by atoms with Crippen LogP contribution in [0.5, 0.6) is 0 Å². The van der Waals surface area contributed by atoms with Crippen LogP contribution in [0.25, 0.3) is 15.9 Å². The molecule has 4 aromatic rings. The van der Waals surface area contributed by atoms with Crippen molar-refractivity contribution < 1.29 is 4.79 Å². The van der Waals surface area contributed by atoms with E-state index in [1.165, 1.54) is 28.7 Å². The average molecular weight is 494 g/mol. The van der Waals surface area contributed by atoms with Crippen molar-refractivity contribution in [3.05, 3.63) is 74.7 Å². The van der Waals surface area contributed by atoms with Gasteiger partial charge in [0.15, 0.2) is 5.16 Å². The fourth-order valence-corrected chi connectivity index (χ4v) is 5.65. The average Bonchev–Trinajstić information content (AvgIpc) is 3.24. The molecule has 7 nitrogen and oxygen atoms in total. The van der Waals surface area contributed by atoms with Crippen molar-refractivity contribution in [2.45, 2.75) is 46.3 Å². The number of thioether (sulfide) groups is 1. The molecule has 1 N–H and O–H groups in total. The highest BCUT2D eigenvalue weighted by atomic mass is 32.2. The van der Waals surface area contributed by atoms with Crippen molar-refractivity contribution in [2.75, 3.05) is 11.1 Å². The molecule has 0 aliphatic carbocycles. The van der Waals surface area contributed by atoms with E-state index in [2.05, 4.69) is 17.0 Å². The predicted octanol–water partition coefficient (Wildman–Crippen LogP) is 5.10. The summed E-state index contributed by atoms with van der Waals surface area (Å²) in [5.74, 6) is -0.0646. The second-order valence-electron chi connectivity index (χ2n) is 8.19. The summed E-state index contributed by atoms with van der Waals surface area (Å²) >= 11 is 2.75. The number of fused-ring (bicyclic) bond motifs is 1. The van der Waals surface area contributed by atoms with Crippen LogP contribution in [-0.2, 0) is 11.3 Å². The van der Waals surface area contributed by atoms with E-state index < -0.39 is 0 Å². The van der Waals surface area contributed by atoms with Crippen molar-refractivity contribution in [1.82, 2.24) is 19.3 Å². The van der Waals surface area contributed by atoms with E-state index in [1.54, 1.807) is 10.6 Å². The highest BCUT2D eigenvalue weighted by Gasteiger charge is 2.19. The summed E-state index contributed by atoms with van der Waals surface area (Å²) in [6, 6.07) is 8.07. The molecule has 1 aromatic carbocycles. The van der Waals surface area contributed by atoms with Gasteiger partial charge >= 0.3 is 0 Å². The van der Waals surface area contributed by atoms with E-state index in [9.17, 15) is 9.59 Å². The van der Waals surface area contributed by atoms with E-state index in [4.69, 9.17) is 4.98 Å². The summed E-state index contributed by atoms with van der Waals surface area (Å²) in [7, 11) is 0. The number of aromatic nitrogens is 4. The van der Waals surface area contributed by atoms with Gasteiger partial charge in [0.05, 0.1) is 33.9 Å². The van der Waals surface area contributed by atoms with E-state index in [0.717, 1.165) is 27.5 Å². The Bertz CT molecular complexity index is 1460. The minimum atomic E-state index is -0.183. The van der Waals surface area contributed by atoms with Gasteiger partial charge in [-0.15, -0.1) is 17.9 Å². The van der Waals surface area contributed by atoms with Crippen LogP contribution in [0.1, 0.15) is 27.4 Å². The largest absolute Gasteiger partial charge is 0.322 e. The molecule has 176 valence electrons. The highest BCUT2D eigenvalue weighted by Crippen LogP contribution is 2.29. The molecule has 0 unspecified atom stereocenters. The smallest absolute Gasteiger partial charge is 0.263 e. The fourth-order valence-electron chi connectivity index (χ4n) is 3.78. The third kappa shape index (κ3) is 4.45. The van der Waals surface area contributed by atoms with Crippen LogP contribution in [0.3, 0.4) is 0 Å². The van der Waals surface area contributed by atoms with Gasteiger partial charge in [0.25, 0.3) is 5.56 Å². The summed E-state index contributed by atoms with van der Waals surface area (Å²) in [6.07, 6.45) is 1.67. The Labute approximate surface area is 206 Å². The van der Waals surface area contributed by atoms with Crippen LogP contribution in [0.2, 0.25) is 0 Å². The molecule has 0 saturated carbocycles. The molecule has 34 heavy (non-hydrogen) atoms. The number of benzene rings is 1. The quantitative estimate of drug-likeness (QED) is 0.220. The molecule has 9 heteroatoms. The molecule has 0 saturated heterocycles. The standard InChI is InChI=1S/C25H27N5O2S2/c1-7-12-29-24(32)21-15(3)18(6)34-23(21)27-25(29)33-13-20(31)26-22-16(4)28-30(17(22)5)19-10-8-14(2)9-11-19/h7-11H,1,12-13H2,2-6H3,(H,26,31). The molecule has 3 aromatic heterocycles. The molecule has 1 amide bonds. The third-order valence-electron chi connectivity index (χ3n) is 5.73. The summed E-state index contributed by atoms with van der Waals surface area (Å²) < 4.78 is 3.41. The SMILES string of the molecule is C=CCn1c(SCC(=O)Nc2c(C)nn(-c3ccc(C)cc3)c2C)nc2sc(C)c(C)c2c1=O. The van der Waals surface area contributed by atoms with Gasteiger partial charge in [-0.05, 0) is 52.3 Å². The Hall–Kier alpha value is -3.17. The molecule has 0 radical (unpaired) electrons. The Kier molecular flexibility index (Phi) is 6.77. The summed E-state index contributed by atoms with van der Waals surface area (Å²) in [6.45, 7) is 13.9. The van der Waals surface area contributed by atoms with Crippen LogP contribution in [0, 0.1) is 34.6 Å². The molecule has 0 aliphatic heterocycles. The number of anilines is 1. The summed E-state index contributed by atoms with van der Waals surface area (Å²) in [5, 5.41) is 8.75. The first-order chi connectivity index (χ1) is 16.2. The van der Waals surface area contributed by atoms with Crippen LogP contribution in [0.4, 0.5) is 5.69 Å². The summed E-state index contributed by atoms with van der Waals surface area (Å²) in [5.41, 5.74) is 5.26. The number of hydrogen-bond acceptors (Lipinski definition) is 6.